The quantitative estimate of drug-likeness (QED) is 0.634. The van der Waals surface area contributed by atoms with Crippen molar-refractivity contribution in [1.29, 1.82) is 0 Å². The van der Waals surface area contributed by atoms with Crippen LogP contribution in [0.1, 0.15) is 37.3 Å². The van der Waals surface area contributed by atoms with Crippen molar-refractivity contribution in [2.45, 2.75) is 31.7 Å². The number of aromatic amines is 1. The molecular weight excluding hydrogens is 446 g/mol. The molecule has 2 atom stereocenters. The van der Waals surface area contributed by atoms with E-state index in [4.69, 9.17) is 0 Å². The number of piperidine rings is 1. The molecule has 8 heteroatoms. The Morgan fingerprint density at radius 3 is 2.97 bits per heavy atom. The molecule has 2 aromatic heterocycles. The third-order valence-corrected chi connectivity index (χ3v) is 6.58. The lowest BCUT2D eigenvalue weighted by Crippen LogP contribution is -2.42. The second-order valence-corrected chi connectivity index (χ2v) is 8.89. The fourth-order valence-electron chi connectivity index (χ4n) is 4.61. The van der Waals surface area contributed by atoms with Crippen molar-refractivity contribution in [1.82, 2.24) is 20.1 Å². The number of nitrogens with zero attached hydrogens (tertiary/aromatic N) is 4. The molecule has 0 bridgehead atoms. The molecule has 0 spiro atoms. The lowest BCUT2D eigenvalue weighted by Gasteiger charge is -2.37. The molecule has 4 heterocycles. The van der Waals surface area contributed by atoms with Crippen LogP contribution in [0, 0.1) is 5.92 Å². The van der Waals surface area contributed by atoms with Gasteiger partial charge in [0.15, 0.2) is 5.82 Å². The van der Waals surface area contributed by atoms with E-state index in [1.807, 2.05) is 41.4 Å². The molecule has 0 aliphatic carbocycles. The Balaban J connectivity index is 1.38. The number of halogens is 1. The molecule has 2 fully saturated rings. The molecule has 30 heavy (non-hydrogen) atoms. The predicted octanol–water partition coefficient (Wildman–Crippen LogP) is 3.83. The van der Waals surface area contributed by atoms with E-state index in [9.17, 15) is 9.59 Å². The molecule has 2 saturated heterocycles. The van der Waals surface area contributed by atoms with Gasteiger partial charge in [0, 0.05) is 41.8 Å². The summed E-state index contributed by atoms with van der Waals surface area (Å²) in [6, 6.07) is 9.77. The molecular formula is C22H22BrN5O2. The molecule has 2 unspecified atom stereocenters. The van der Waals surface area contributed by atoms with Gasteiger partial charge in [-0.15, -0.1) is 0 Å². The first-order chi connectivity index (χ1) is 14.6. The number of carbonyl (C=O) groups is 2. The number of rotatable bonds is 3. The number of hydrogen-bond donors (Lipinski definition) is 1. The number of H-pyrrole nitrogens is 1. The minimum Gasteiger partial charge on any atom is -0.335 e. The second-order valence-electron chi connectivity index (χ2n) is 7.97. The Morgan fingerprint density at radius 1 is 1.23 bits per heavy atom. The summed E-state index contributed by atoms with van der Waals surface area (Å²) in [5.74, 6) is 0.249. The molecule has 1 N–H and O–H groups in total. The third kappa shape index (κ3) is 3.39. The van der Waals surface area contributed by atoms with Gasteiger partial charge in [-0.3, -0.25) is 24.6 Å². The van der Waals surface area contributed by atoms with E-state index in [0.717, 1.165) is 46.7 Å². The number of aromatic nitrogens is 3. The third-order valence-electron chi connectivity index (χ3n) is 6.09. The van der Waals surface area contributed by atoms with Gasteiger partial charge in [0.2, 0.25) is 11.8 Å². The average Bonchev–Trinajstić information content (AvgIpc) is 3.36. The highest BCUT2D eigenvalue weighted by molar-refractivity contribution is 9.10. The number of hydrogen-bond acceptors (Lipinski definition) is 4. The lowest BCUT2D eigenvalue weighted by atomic mass is 9.94. The van der Waals surface area contributed by atoms with Crippen LogP contribution in [-0.4, -0.2) is 45.0 Å². The van der Waals surface area contributed by atoms with E-state index >= 15 is 0 Å². The number of anilines is 1. The summed E-state index contributed by atoms with van der Waals surface area (Å²) >= 11 is 3.45. The van der Waals surface area contributed by atoms with Crippen LogP contribution in [0.2, 0.25) is 0 Å². The van der Waals surface area contributed by atoms with E-state index in [1.165, 1.54) is 0 Å². The van der Waals surface area contributed by atoms with Gasteiger partial charge >= 0.3 is 0 Å². The summed E-state index contributed by atoms with van der Waals surface area (Å²) in [5.41, 5.74) is 1.92. The van der Waals surface area contributed by atoms with Gasteiger partial charge < -0.3 is 4.90 Å². The average molecular weight is 468 g/mol. The van der Waals surface area contributed by atoms with Crippen molar-refractivity contribution >= 4 is 44.5 Å². The Kier molecular flexibility index (Phi) is 5.02. The van der Waals surface area contributed by atoms with Gasteiger partial charge in [-0.1, -0.05) is 22.0 Å². The summed E-state index contributed by atoms with van der Waals surface area (Å²) in [4.78, 5) is 34.1. The normalized spacial score (nSPS) is 22.1. The second kappa shape index (κ2) is 7.83. The first-order valence-corrected chi connectivity index (χ1v) is 11.1. The highest BCUT2D eigenvalue weighted by atomic mass is 79.9. The number of nitrogens with one attached hydrogen (secondary N) is 1. The summed E-state index contributed by atoms with van der Waals surface area (Å²) in [6.45, 7) is 1.09. The van der Waals surface area contributed by atoms with Crippen LogP contribution in [-0.2, 0) is 9.59 Å². The Morgan fingerprint density at radius 2 is 2.13 bits per heavy atom. The van der Waals surface area contributed by atoms with Crippen LogP contribution < -0.4 is 4.90 Å². The fraction of sp³-hybridized carbons (Fsp3) is 0.364. The predicted molar refractivity (Wildman–Crippen MR) is 117 cm³/mol. The standard InChI is InChI=1S/C22H22BrN5O2/c23-16-6-7-17-18(11-16)25-26-21(17)28-13-15(10-20(28)29)22(30)27-9-2-1-5-19(27)14-4-3-8-24-12-14/h3-4,6-8,11-12,15,19H,1-2,5,9-10,13H2,(H,25,26). The molecule has 0 radical (unpaired) electrons. The van der Waals surface area contributed by atoms with Crippen molar-refractivity contribution in [3.8, 4) is 0 Å². The van der Waals surface area contributed by atoms with E-state index in [1.54, 1.807) is 11.1 Å². The van der Waals surface area contributed by atoms with Crippen molar-refractivity contribution in [2.75, 3.05) is 18.0 Å². The zero-order chi connectivity index (χ0) is 20.7. The van der Waals surface area contributed by atoms with Gasteiger partial charge in [-0.25, -0.2) is 0 Å². The molecule has 0 saturated carbocycles. The Labute approximate surface area is 182 Å². The molecule has 2 aliphatic rings. The van der Waals surface area contributed by atoms with Crippen molar-refractivity contribution in [3.05, 3.63) is 52.8 Å². The van der Waals surface area contributed by atoms with Gasteiger partial charge in [-0.05, 0) is 49.1 Å². The number of carbonyl (C=O) groups excluding carboxylic acids is 2. The number of likely N-dealkylation sites (tertiary alicyclic amines) is 1. The van der Waals surface area contributed by atoms with Crippen LogP contribution in [0.15, 0.2) is 47.2 Å². The van der Waals surface area contributed by atoms with Gasteiger partial charge in [0.25, 0.3) is 0 Å². The maximum atomic E-state index is 13.4. The van der Waals surface area contributed by atoms with Crippen molar-refractivity contribution in [3.63, 3.8) is 0 Å². The number of pyridine rings is 1. The molecule has 1 aromatic carbocycles. The monoisotopic (exact) mass is 467 g/mol. The molecule has 5 rings (SSSR count). The van der Waals surface area contributed by atoms with Crippen LogP contribution in [0.5, 0.6) is 0 Å². The molecule has 154 valence electrons. The lowest BCUT2D eigenvalue weighted by molar-refractivity contribution is -0.139. The van der Waals surface area contributed by atoms with Gasteiger partial charge in [0.05, 0.1) is 17.5 Å². The van der Waals surface area contributed by atoms with E-state index in [0.29, 0.717) is 12.4 Å². The minimum absolute atomic E-state index is 0.0349. The van der Waals surface area contributed by atoms with Crippen molar-refractivity contribution < 1.29 is 9.59 Å². The Hall–Kier alpha value is -2.74. The first kappa shape index (κ1) is 19.2. The summed E-state index contributed by atoms with van der Waals surface area (Å²) in [6.07, 6.45) is 6.83. The SMILES string of the molecule is O=C1CC(C(=O)N2CCCCC2c2cccnc2)CN1c1n[nH]c2cc(Br)ccc12. The van der Waals surface area contributed by atoms with Crippen molar-refractivity contribution in [2.24, 2.45) is 5.92 Å². The highest BCUT2D eigenvalue weighted by Gasteiger charge is 2.41. The Bertz CT molecular complexity index is 1100. The van der Waals surface area contributed by atoms with E-state index in [2.05, 4.69) is 31.1 Å². The number of fused-ring (bicyclic) bond motifs is 1. The zero-order valence-corrected chi connectivity index (χ0v) is 18.0. The molecule has 2 amide bonds. The number of benzene rings is 1. The highest BCUT2D eigenvalue weighted by Crippen LogP contribution is 2.35. The van der Waals surface area contributed by atoms with Crippen LogP contribution in [0.4, 0.5) is 5.82 Å². The van der Waals surface area contributed by atoms with Crippen LogP contribution in [0.3, 0.4) is 0 Å². The van der Waals surface area contributed by atoms with Crippen LogP contribution in [0.25, 0.3) is 10.9 Å². The fourth-order valence-corrected chi connectivity index (χ4v) is 4.97. The van der Waals surface area contributed by atoms with E-state index < -0.39 is 0 Å². The minimum atomic E-state index is -0.350. The molecule has 3 aromatic rings. The van der Waals surface area contributed by atoms with Crippen LogP contribution >= 0.6 is 15.9 Å². The van der Waals surface area contributed by atoms with Gasteiger partial charge in [-0.2, -0.15) is 5.10 Å². The summed E-state index contributed by atoms with van der Waals surface area (Å²) < 4.78 is 0.942. The summed E-state index contributed by atoms with van der Waals surface area (Å²) in [7, 11) is 0. The number of amides is 2. The topological polar surface area (TPSA) is 82.2 Å². The smallest absolute Gasteiger partial charge is 0.229 e. The largest absolute Gasteiger partial charge is 0.335 e. The zero-order valence-electron chi connectivity index (χ0n) is 16.4. The van der Waals surface area contributed by atoms with Gasteiger partial charge in [0.1, 0.15) is 0 Å². The maximum absolute atomic E-state index is 13.4. The molecule has 2 aliphatic heterocycles. The first-order valence-electron chi connectivity index (χ1n) is 10.3. The maximum Gasteiger partial charge on any atom is 0.229 e. The summed E-state index contributed by atoms with van der Waals surface area (Å²) in [5, 5.41) is 8.23. The molecule has 7 nitrogen and oxygen atoms in total. The van der Waals surface area contributed by atoms with E-state index in [-0.39, 0.29) is 30.2 Å².